The Balaban J connectivity index is 1.37. The Kier molecular flexibility index (Phi) is 3.61. The lowest BCUT2D eigenvalue weighted by molar-refractivity contribution is -0.584. The largest absolute Gasteiger partial charge is 0.348 e. The van der Waals surface area contributed by atoms with E-state index in [4.69, 9.17) is 5.41 Å². The van der Waals surface area contributed by atoms with Gasteiger partial charge >= 0.3 is 0 Å². The zero-order valence-corrected chi connectivity index (χ0v) is 15.3. The molecule has 2 bridgehead atoms. The molecule has 0 saturated heterocycles. The smallest absolute Gasteiger partial charge is 0.260 e. The number of nitrogens with two attached hydrogens (primary N) is 1. The van der Waals surface area contributed by atoms with Crippen molar-refractivity contribution < 1.29 is 10.1 Å². The molecule has 4 aliphatic rings. The molecule has 0 radical (unpaired) electrons. The number of hydrogen-bond donors (Lipinski definition) is 3. The standard InChI is InChI=1S/C20H27N5O/c1-12-7-13-8-16-17(20(16,9-12)10-13)24-19(26)15(11-21)18(23-14-3-4-14)25-6-2-5-22-25/h2,5-6,11-14,16-17,21,23H,3-4,7-10H2,1H3,(H,24,26)/p+1. The Labute approximate surface area is 153 Å². The summed E-state index contributed by atoms with van der Waals surface area (Å²) in [5, 5.41) is 17.6. The highest BCUT2D eigenvalue weighted by molar-refractivity contribution is 6.15. The predicted octanol–water partition coefficient (Wildman–Crippen LogP) is 1.37. The van der Waals surface area contributed by atoms with Gasteiger partial charge in [0.05, 0.1) is 6.04 Å². The number of carbonyl (C=O) groups excluding carboxylic acids is 1. The molecule has 5 unspecified atom stereocenters. The topological polar surface area (TPSA) is 87.4 Å². The second-order valence-electron chi connectivity index (χ2n) is 9.04. The summed E-state index contributed by atoms with van der Waals surface area (Å²) in [6.07, 6.45) is 12.3. The summed E-state index contributed by atoms with van der Waals surface area (Å²) in [5.41, 5.74) is 0.791. The van der Waals surface area contributed by atoms with Gasteiger partial charge in [0, 0.05) is 37.5 Å². The first-order chi connectivity index (χ1) is 12.6. The van der Waals surface area contributed by atoms with Crippen molar-refractivity contribution in [2.24, 2.45) is 23.2 Å². The van der Waals surface area contributed by atoms with Gasteiger partial charge in [-0.3, -0.25) is 10.1 Å². The molecule has 1 spiro atoms. The summed E-state index contributed by atoms with van der Waals surface area (Å²) >= 11 is 0. The fourth-order valence-corrected chi connectivity index (χ4v) is 5.96. The van der Waals surface area contributed by atoms with Gasteiger partial charge in [-0.1, -0.05) is 6.92 Å². The van der Waals surface area contributed by atoms with Crippen molar-refractivity contribution in [3.05, 3.63) is 24.0 Å². The van der Waals surface area contributed by atoms with Crippen LogP contribution in [0, 0.1) is 28.6 Å². The quantitative estimate of drug-likeness (QED) is 0.532. The third-order valence-corrected chi connectivity index (χ3v) is 7.09. The minimum absolute atomic E-state index is 0.106. The molecule has 5 rings (SSSR count). The van der Waals surface area contributed by atoms with Crippen molar-refractivity contribution in [1.82, 2.24) is 15.1 Å². The van der Waals surface area contributed by atoms with E-state index in [9.17, 15) is 4.79 Å². The van der Waals surface area contributed by atoms with E-state index in [0.29, 0.717) is 29.0 Å². The van der Waals surface area contributed by atoms with E-state index >= 15 is 0 Å². The number of hydrogen-bond acceptors (Lipinski definition) is 3. The summed E-state index contributed by atoms with van der Waals surface area (Å²) in [4.78, 5) is 13.1. The number of nitrogens with zero attached hydrogens (tertiary/aromatic N) is 2. The first kappa shape index (κ1) is 16.2. The minimum atomic E-state index is -0.106. The normalized spacial score (nSPS) is 38.3. The van der Waals surface area contributed by atoms with Crippen LogP contribution in [0.2, 0.25) is 0 Å². The van der Waals surface area contributed by atoms with Crippen LogP contribution in [0.25, 0.3) is 5.82 Å². The fraction of sp³-hybridized carbons (Fsp3) is 0.650. The number of rotatable bonds is 6. The van der Waals surface area contributed by atoms with Crippen molar-refractivity contribution in [2.75, 3.05) is 0 Å². The van der Waals surface area contributed by atoms with Gasteiger partial charge in [-0.15, -0.1) is 0 Å². The maximum absolute atomic E-state index is 13.1. The average molecular weight is 354 g/mol. The Morgan fingerprint density at radius 2 is 2.23 bits per heavy atom. The summed E-state index contributed by atoms with van der Waals surface area (Å²) in [6, 6.07) is 2.67. The molecule has 1 aromatic rings. The first-order valence-electron chi connectivity index (χ1n) is 10.0. The third-order valence-electron chi connectivity index (χ3n) is 7.09. The molecule has 6 heteroatoms. The molecule has 6 nitrogen and oxygen atoms in total. The van der Waals surface area contributed by atoms with Crippen molar-refractivity contribution in [3.8, 4) is 0 Å². The molecule has 0 aliphatic heterocycles. The summed E-state index contributed by atoms with van der Waals surface area (Å²) in [5.74, 6) is 2.96. The molecule has 4 saturated carbocycles. The molecule has 5 atom stereocenters. The zero-order chi connectivity index (χ0) is 17.9. The van der Waals surface area contributed by atoms with E-state index in [2.05, 4.69) is 22.7 Å². The van der Waals surface area contributed by atoms with Crippen LogP contribution < -0.4 is 10.6 Å². The van der Waals surface area contributed by atoms with E-state index in [1.807, 2.05) is 12.3 Å². The Hall–Kier alpha value is -1.95. The molecule has 1 heterocycles. The average Bonchev–Trinajstić information content (AvgIpc) is 3.37. The predicted molar refractivity (Wildman–Crippen MR) is 98.1 cm³/mol. The number of nitrogens with one attached hydrogen (secondary N) is 2. The summed E-state index contributed by atoms with van der Waals surface area (Å²) in [6.45, 7) is 2.36. The number of carbonyl (C=O) groups is 1. The lowest BCUT2D eigenvalue weighted by Crippen LogP contribution is -2.84. The Morgan fingerprint density at radius 3 is 2.92 bits per heavy atom. The molecule has 1 amide bonds. The fourth-order valence-electron chi connectivity index (χ4n) is 5.96. The van der Waals surface area contributed by atoms with Crippen LogP contribution >= 0.6 is 0 Å². The van der Waals surface area contributed by atoms with Crippen molar-refractivity contribution in [2.45, 2.75) is 57.5 Å². The van der Waals surface area contributed by atoms with Gasteiger partial charge in [0.2, 0.25) is 5.82 Å². The Bertz CT molecular complexity index is 765. The van der Waals surface area contributed by atoms with Crippen LogP contribution in [0.4, 0.5) is 0 Å². The minimum Gasteiger partial charge on any atom is -0.348 e. The molecule has 26 heavy (non-hydrogen) atoms. The van der Waals surface area contributed by atoms with Crippen LogP contribution in [0.15, 0.2) is 24.0 Å². The number of aromatic nitrogens is 2. The summed E-state index contributed by atoms with van der Waals surface area (Å²) in [7, 11) is 0. The maximum Gasteiger partial charge on any atom is 0.260 e. The van der Waals surface area contributed by atoms with E-state index in [1.54, 1.807) is 10.9 Å². The second-order valence-corrected chi connectivity index (χ2v) is 9.04. The van der Waals surface area contributed by atoms with Crippen LogP contribution in [0.5, 0.6) is 0 Å². The highest BCUT2D eigenvalue weighted by atomic mass is 16.1. The molecular weight excluding hydrogens is 326 g/mol. The van der Waals surface area contributed by atoms with Gasteiger partial charge in [-0.25, -0.2) is 0 Å². The van der Waals surface area contributed by atoms with Crippen LogP contribution in [0.3, 0.4) is 0 Å². The van der Waals surface area contributed by atoms with Crippen molar-refractivity contribution >= 4 is 17.9 Å². The molecule has 4 fully saturated rings. The molecular formula is C20H28N5O+. The van der Waals surface area contributed by atoms with Gasteiger partial charge in [0.15, 0.2) is 0 Å². The first-order valence-corrected chi connectivity index (χ1v) is 10.0. The number of fused-ring (bicyclic) bond motifs is 1. The van der Waals surface area contributed by atoms with Crippen LogP contribution in [-0.4, -0.2) is 34.0 Å². The van der Waals surface area contributed by atoms with Gasteiger partial charge in [-0.05, 0) is 54.9 Å². The molecule has 138 valence electrons. The third kappa shape index (κ3) is 2.54. The second kappa shape index (κ2) is 5.78. The van der Waals surface area contributed by atoms with E-state index < -0.39 is 0 Å². The number of quaternary nitrogens is 1. The lowest BCUT2D eigenvalue weighted by Gasteiger charge is -2.30. The van der Waals surface area contributed by atoms with Crippen molar-refractivity contribution in [1.29, 1.82) is 5.41 Å². The molecule has 4 N–H and O–H groups in total. The highest BCUT2D eigenvalue weighted by Crippen LogP contribution is 2.71. The molecule has 1 aromatic heterocycles. The van der Waals surface area contributed by atoms with Gasteiger partial charge in [-0.2, -0.15) is 9.78 Å². The highest BCUT2D eigenvalue weighted by Gasteiger charge is 2.70. The van der Waals surface area contributed by atoms with Gasteiger partial charge in [0.1, 0.15) is 5.57 Å². The van der Waals surface area contributed by atoms with Gasteiger partial charge < -0.3 is 10.7 Å². The maximum atomic E-state index is 13.1. The number of amides is 1. The lowest BCUT2D eigenvalue weighted by atomic mass is 9.76. The molecule has 4 aliphatic carbocycles. The monoisotopic (exact) mass is 354 g/mol. The van der Waals surface area contributed by atoms with Gasteiger partial charge in [0.25, 0.3) is 5.91 Å². The van der Waals surface area contributed by atoms with E-state index in [1.165, 1.54) is 31.9 Å². The van der Waals surface area contributed by atoms with E-state index in [-0.39, 0.29) is 5.91 Å². The summed E-state index contributed by atoms with van der Waals surface area (Å²) < 4.78 is 1.73. The van der Waals surface area contributed by atoms with Crippen molar-refractivity contribution in [3.63, 3.8) is 0 Å². The van der Waals surface area contributed by atoms with Crippen LogP contribution in [-0.2, 0) is 4.79 Å². The van der Waals surface area contributed by atoms with Crippen LogP contribution in [0.1, 0.15) is 45.4 Å². The SMILES string of the molecule is CC1CC2CC3C(NC(=O)C(C=N)=C([NH2+]C4CC4)n4cccn4)C3(C1)C2. The Morgan fingerprint density at radius 1 is 1.38 bits per heavy atom. The molecule has 0 aromatic carbocycles. The van der Waals surface area contributed by atoms with E-state index in [0.717, 1.165) is 30.5 Å². The zero-order valence-electron chi connectivity index (χ0n) is 15.3.